The molecule has 0 saturated heterocycles. The van der Waals surface area contributed by atoms with E-state index in [1.165, 1.54) is 5.56 Å². The third-order valence-electron chi connectivity index (χ3n) is 3.64. The minimum Gasteiger partial charge on any atom is -0.469 e. The zero-order valence-electron chi connectivity index (χ0n) is 13.5. The first-order chi connectivity index (χ1) is 10.6. The number of carbonyl (C=O) groups is 1. The minimum absolute atomic E-state index is 0.0436. The molecule has 0 aliphatic rings. The third-order valence-corrected chi connectivity index (χ3v) is 3.64. The molecule has 0 saturated carbocycles. The summed E-state index contributed by atoms with van der Waals surface area (Å²) in [5.41, 5.74) is 2.21. The van der Waals surface area contributed by atoms with Crippen molar-refractivity contribution in [3.05, 3.63) is 59.5 Å². The van der Waals surface area contributed by atoms with Crippen LogP contribution in [0.25, 0.3) is 0 Å². The van der Waals surface area contributed by atoms with E-state index < -0.39 is 0 Å². The van der Waals surface area contributed by atoms with Crippen molar-refractivity contribution in [2.75, 3.05) is 27.2 Å². The van der Waals surface area contributed by atoms with Gasteiger partial charge in [0, 0.05) is 19.5 Å². The Hall–Kier alpha value is -2.07. The molecular formula is C18H24N2O2. The quantitative estimate of drug-likeness (QED) is 0.855. The second kappa shape index (κ2) is 7.80. The van der Waals surface area contributed by atoms with Gasteiger partial charge in [0.05, 0.1) is 12.2 Å². The van der Waals surface area contributed by atoms with Gasteiger partial charge in [0.2, 0.25) is 5.91 Å². The number of hydrogen-bond acceptors (Lipinski definition) is 3. The molecule has 1 aromatic heterocycles. The number of hydrogen-bond donors (Lipinski definition) is 1. The van der Waals surface area contributed by atoms with Crippen molar-refractivity contribution in [2.24, 2.45) is 0 Å². The number of rotatable bonds is 7. The van der Waals surface area contributed by atoms with Crippen LogP contribution in [0.1, 0.15) is 22.8 Å². The van der Waals surface area contributed by atoms with Crippen LogP contribution in [0.4, 0.5) is 0 Å². The van der Waals surface area contributed by atoms with E-state index >= 15 is 0 Å². The van der Waals surface area contributed by atoms with Crippen LogP contribution in [0.15, 0.2) is 47.1 Å². The Kier molecular flexibility index (Phi) is 5.78. The highest BCUT2D eigenvalue weighted by Gasteiger charge is 2.22. The van der Waals surface area contributed by atoms with Gasteiger partial charge in [-0.1, -0.05) is 29.8 Å². The van der Waals surface area contributed by atoms with Crippen molar-refractivity contribution >= 4 is 5.91 Å². The summed E-state index contributed by atoms with van der Waals surface area (Å²) < 4.78 is 5.41. The number of benzene rings is 1. The first-order valence-electron chi connectivity index (χ1n) is 7.57. The molecule has 0 bridgehead atoms. The van der Waals surface area contributed by atoms with Crippen LogP contribution in [-0.2, 0) is 11.2 Å². The Bertz CT molecular complexity index is 574. The SMILES string of the molecule is Cc1ccc(C(Cc2ccco2)C(=O)NCCN(C)C)cc1. The van der Waals surface area contributed by atoms with Gasteiger partial charge in [0.15, 0.2) is 0 Å². The van der Waals surface area contributed by atoms with Crippen molar-refractivity contribution in [1.82, 2.24) is 10.2 Å². The van der Waals surface area contributed by atoms with Crippen LogP contribution in [-0.4, -0.2) is 38.0 Å². The van der Waals surface area contributed by atoms with Crippen LogP contribution >= 0.6 is 0 Å². The maximum Gasteiger partial charge on any atom is 0.228 e. The zero-order valence-corrected chi connectivity index (χ0v) is 13.5. The third kappa shape index (κ3) is 4.74. The van der Waals surface area contributed by atoms with Crippen LogP contribution in [0, 0.1) is 6.92 Å². The molecule has 1 atom stereocenters. The zero-order chi connectivity index (χ0) is 15.9. The lowest BCUT2D eigenvalue weighted by atomic mass is 9.93. The summed E-state index contributed by atoms with van der Waals surface area (Å²) in [5.74, 6) is 0.643. The number of furan rings is 1. The van der Waals surface area contributed by atoms with E-state index in [4.69, 9.17) is 4.42 Å². The smallest absolute Gasteiger partial charge is 0.228 e. The second-order valence-electron chi connectivity index (χ2n) is 5.84. The van der Waals surface area contributed by atoms with Gasteiger partial charge in [0.25, 0.3) is 0 Å². The van der Waals surface area contributed by atoms with Gasteiger partial charge in [-0.3, -0.25) is 4.79 Å². The monoisotopic (exact) mass is 300 g/mol. The number of nitrogens with zero attached hydrogens (tertiary/aromatic N) is 1. The summed E-state index contributed by atoms with van der Waals surface area (Å²) in [6.07, 6.45) is 2.22. The van der Waals surface area contributed by atoms with E-state index in [9.17, 15) is 4.79 Å². The normalized spacial score (nSPS) is 12.4. The number of carbonyl (C=O) groups excluding carboxylic acids is 1. The lowest BCUT2D eigenvalue weighted by Crippen LogP contribution is -2.35. The van der Waals surface area contributed by atoms with E-state index in [1.54, 1.807) is 6.26 Å². The molecule has 4 nitrogen and oxygen atoms in total. The first-order valence-corrected chi connectivity index (χ1v) is 7.57. The van der Waals surface area contributed by atoms with E-state index in [2.05, 4.69) is 5.32 Å². The van der Waals surface area contributed by atoms with E-state index in [1.807, 2.05) is 62.3 Å². The summed E-state index contributed by atoms with van der Waals surface area (Å²) in [6, 6.07) is 11.9. The topological polar surface area (TPSA) is 45.5 Å². The Labute approximate surface area is 132 Å². The lowest BCUT2D eigenvalue weighted by Gasteiger charge is -2.18. The summed E-state index contributed by atoms with van der Waals surface area (Å²) in [5, 5.41) is 3.02. The lowest BCUT2D eigenvalue weighted by molar-refractivity contribution is -0.122. The van der Waals surface area contributed by atoms with Gasteiger partial charge in [-0.05, 0) is 38.7 Å². The molecule has 2 rings (SSSR count). The van der Waals surface area contributed by atoms with Crippen LogP contribution in [0.3, 0.4) is 0 Å². The van der Waals surface area contributed by atoms with Crippen molar-refractivity contribution in [3.63, 3.8) is 0 Å². The fourth-order valence-electron chi connectivity index (χ4n) is 2.32. The average Bonchev–Trinajstić information content (AvgIpc) is 2.98. The molecule has 118 valence electrons. The van der Waals surface area contributed by atoms with Gasteiger partial charge in [-0.2, -0.15) is 0 Å². The van der Waals surface area contributed by atoms with Gasteiger partial charge < -0.3 is 14.6 Å². The van der Waals surface area contributed by atoms with Crippen LogP contribution in [0.5, 0.6) is 0 Å². The molecule has 22 heavy (non-hydrogen) atoms. The molecule has 0 radical (unpaired) electrons. The molecule has 2 aromatic rings. The predicted molar refractivity (Wildman–Crippen MR) is 87.9 cm³/mol. The highest BCUT2D eigenvalue weighted by atomic mass is 16.3. The van der Waals surface area contributed by atoms with Crippen molar-refractivity contribution < 1.29 is 9.21 Å². The van der Waals surface area contributed by atoms with Crippen molar-refractivity contribution in [3.8, 4) is 0 Å². The Morgan fingerprint density at radius 2 is 1.95 bits per heavy atom. The van der Waals surface area contributed by atoms with E-state index in [0.29, 0.717) is 13.0 Å². The van der Waals surface area contributed by atoms with Crippen molar-refractivity contribution in [1.29, 1.82) is 0 Å². The molecule has 0 aliphatic carbocycles. The van der Waals surface area contributed by atoms with Gasteiger partial charge in [-0.25, -0.2) is 0 Å². The first kappa shape index (κ1) is 16.3. The maximum absolute atomic E-state index is 12.6. The standard InChI is InChI=1S/C18H24N2O2/c1-14-6-8-15(9-7-14)17(13-16-5-4-12-22-16)18(21)19-10-11-20(2)3/h4-9,12,17H,10-11,13H2,1-3H3,(H,19,21). The Balaban J connectivity index is 2.10. The highest BCUT2D eigenvalue weighted by molar-refractivity contribution is 5.83. The molecule has 0 fully saturated rings. The molecule has 1 aromatic carbocycles. The Morgan fingerprint density at radius 1 is 1.23 bits per heavy atom. The van der Waals surface area contributed by atoms with Crippen LogP contribution in [0.2, 0.25) is 0 Å². The summed E-state index contributed by atoms with van der Waals surface area (Å²) in [7, 11) is 3.99. The molecule has 0 aliphatic heterocycles. The summed E-state index contributed by atoms with van der Waals surface area (Å²) in [4.78, 5) is 14.6. The fourth-order valence-corrected chi connectivity index (χ4v) is 2.32. The summed E-state index contributed by atoms with van der Waals surface area (Å²) in [6.45, 7) is 3.52. The molecule has 1 amide bonds. The van der Waals surface area contributed by atoms with E-state index in [-0.39, 0.29) is 11.8 Å². The second-order valence-corrected chi connectivity index (χ2v) is 5.84. The predicted octanol–water partition coefficient (Wildman–Crippen LogP) is 2.59. The number of nitrogens with one attached hydrogen (secondary N) is 1. The molecule has 1 unspecified atom stereocenters. The van der Waals surface area contributed by atoms with E-state index in [0.717, 1.165) is 17.9 Å². The molecule has 1 N–H and O–H groups in total. The Morgan fingerprint density at radius 3 is 2.55 bits per heavy atom. The largest absolute Gasteiger partial charge is 0.469 e. The molecular weight excluding hydrogens is 276 g/mol. The maximum atomic E-state index is 12.6. The van der Waals surface area contributed by atoms with Gasteiger partial charge in [0.1, 0.15) is 5.76 Å². The number of likely N-dealkylation sites (N-methyl/N-ethyl adjacent to an activating group) is 1. The molecule has 0 spiro atoms. The average molecular weight is 300 g/mol. The fraction of sp³-hybridized carbons (Fsp3) is 0.389. The number of aryl methyl sites for hydroxylation is 1. The van der Waals surface area contributed by atoms with Crippen molar-refractivity contribution in [2.45, 2.75) is 19.3 Å². The van der Waals surface area contributed by atoms with Gasteiger partial charge >= 0.3 is 0 Å². The van der Waals surface area contributed by atoms with Crippen LogP contribution < -0.4 is 5.32 Å². The highest BCUT2D eigenvalue weighted by Crippen LogP contribution is 2.22. The van der Waals surface area contributed by atoms with Gasteiger partial charge in [-0.15, -0.1) is 0 Å². The minimum atomic E-state index is -0.228. The molecule has 1 heterocycles. The number of amides is 1. The summed E-state index contributed by atoms with van der Waals surface area (Å²) >= 11 is 0. The molecule has 4 heteroatoms.